The lowest BCUT2D eigenvalue weighted by atomic mass is 10.0. The normalized spacial score (nSPS) is 24.7. The van der Waals surface area contributed by atoms with Crippen molar-refractivity contribution in [3.05, 3.63) is 29.8 Å². The molecule has 1 aliphatic rings. The fourth-order valence-corrected chi connectivity index (χ4v) is 3.05. The van der Waals surface area contributed by atoms with Crippen molar-refractivity contribution in [1.82, 2.24) is 10.2 Å². The molecule has 1 aliphatic heterocycles. The van der Waals surface area contributed by atoms with Gasteiger partial charge < -0.3 is 10.2 Å². The average molecular weight is 261 g/mol. The van der Waals surface area contributed by atoms with Crippen molar-refractivity contribution in [2.75, 3.05) is 38.6 Å². The van der Waals surface area contributed by atoms with Crippen LogP contribution in [0, 0.1) is 6.92 Å². The molecule has 2 rings (SSSR count). The fourth-order valence-electron chi connectivity index (χ4n) is 3.05. The average Bonchev–Trinajstić information content (AvgIpc) is 2.39. The molecule has 1 aromatic carbocycles. The van der Waals surface area contributed by atoms with Crippen LogP contribution >= 0.6 is 0 Å². The van der Waals surface area contributed by atoms with E-state index in [-0.39, 0.29) is 0 Å². The number of nitrogens with zero attached hydrogens (tertiary/aromatic N) is 2. The molecule has 3 heteroatoms. The van der Waals surface area contributed by atoms with Gasteiger partial charge in [0.2, 0.25) is 0 Å². The molecule has 3 nitrogen and oxygen atoms in total. The predicted octanol–water partition coefficient (Wildman–Crippen LogP) is 2.11. The maximum Gasteiger partial charge on any atom is 0.0399 e. The molecule has 2 unspecified atom stereocenters. The van der Waals surface area contributed by atoms with Crippen molar-refractivity contribution in [3.63, 3.8) is 0 Å². The van der Waals surface area contributed by atoms with Gasteiger partial charge in [0.1, 0.15) is 0 Å². The lowest BCUT2D eigenvalue weighted by Crippen LogP contribution is -2.56. The van der Waals surface area contributed by atoms with Crippen molar-refractivity contribution in [2.45, 2.75) is 32.4 Å². The van der Waals surface area contributed by atoms with Gasteiger partial charge in [-0.2, -0.15) is 0 Å². The molecular formula is C16H27N3. The van der Waals surface area contributed by atoms with Gasteiger partial charge in [0.05, 0.1) is 0 Å². The zero-order valence-corrected chi connectivity index (χ0v) is 12.7. The topological polar surface area (TPSA) is 18.5 Å². The van der Waals surface area contributed by atoms with Crippen LogP contribution in [-0.4, -0.2) is 50.7 Å². The molecule has 0 radical (unpaired) electrons. The van der Waals surface area contributed by atoms with Crippen molar-refractivity contribution in [3.8, 4) is 0 Å². The smallest absolute Gasteiger partial charge is 0.0399 e. The zero-order valence-electron chi connectivity index (χ0n) is 12.7. The van der Waals surface area contributed by atoms with Crippen LogP contribution in [0.1, 0.15) is 18.9 Å². The van der Waals surface area contributed by atoms with E-state index in [1.54, 1.807) is 0 Å². The number of anilines is 1. The third kappa shape index (κ3) is 3.28. The molecule has 19 heavy (non-hydrogen) atoms. The van der Waals surface area contributed by atoms with Crippen molar-refractivity contribution >= 4 is 5.69 Å². The van der Waals surface area contributed by atoms with Gasteiger partial charge >= 0.3 is 0 Å². The van der Waals surface area contributed by atoms with Crippen LogP contribution in [0.3, 0.4) is 0 Å². The minimum atomic E-state index is 0.580. The van der Waals surface area contributed by atoms with Gasteiger partial charge in [0.15, 0.2) is 0 Å². The summed E-state index contributed by atoms with van der Waals surface area (Å²) in [4.78, 5) is 5.09. The SMILES string of the molecule is CNCCC1CN(c2ccccc2C)C(C)CN1C. The highest BCUT2D eigenvalue weighted by Gasteiger charge is 2.29. The Kier molecular flexibility index (Phi) is 4.83. The molecule has 1 N–H and O–H groups in total. The molecule has 1 saturated heterocycles. The summed E-state index contributed by atoms with van der Waals surface area (Å²) >= 11 is 0. The number of likely N-dealkylation sites (N-methyl/N-ethyl adjacent to an activating group) is 1. The highest BCUT2D eigenvalue weighted by molar-refractivity contribution is 5.54. The van der Waals surface area contributed by atoms with Crippen LogP contribution in [-0.2, 0) is 0 Å². The molecule has 2 atom stereocenters. The zero-order chi connectivity index (χ0) is 13.8. The maximum atomic E-state index is 3.27. The largest absolute Gasteiger partial charge is 0.366 e. The van der Waals surface area contributed by atoms with E-state index < -0.39 is 0 Å². The minimum Gasteiger partial charge on any atom is -0.366 e. The summed E-state index contributed by atoms with van der Waals surface area (Å²) in [7, 11) is 4.29. The van der Waals surface area contributed by atoms with Gasteiger partial charge in [0, 0.05) is 30.9 Å². The highest BCUT2D eigenvalue weighted by Crippen LogP contribution is 2.26. The second-order valence-corrected chi connectivity index (χ2v) is 5.77. The number of benzene rings is 1. The maximum absolute atomic E-state index is 3.27. The van der Waals surface area contributed by atoms with Gasteiger partial charge in [0.25, 0.3) is 0 Å². The predicted molar refractivity (Wildman–Crippen MR) is 82.9 cm³/mol. The molecular weight excluding hydrogens is 234 g/mol. The van der Waals surface area contributed by atoms with Crippen molar-refractivity contribution < 1.29 is 0 Å². The number of aryl methyl sites for hydroxylation is 1. The third-order valence-electron chi connectivity index (χ3n) is 4.27. The van der Waals surface area contributed by atoms with Gasteiger partial charge in [-0.1, -0.05) is 18.2 Å². The summed E-state index contributed by atoms with van der Waals surface area (Å²) in [6.07, 6.45) is 1.21. The second-order valence-electron chi connectivity index (χ2n) is 5.77. The highest BCUT2D eigenvalue weighted by atomic mass is 15.3. The summed E-state index contributed by atoms with van der Waals surface area (Å²) in [5, 5.41) is 3.27. The summed E-state index contributed by atoms with van der Waals surface area (Å²) in [6.45, 7) is 7.90. The standard InChI is InChI=1S/C16H27N3/c1-13-7-5-6-8-16(13)19-12-15(9-10-17-3)18(4)11-14(19)2/h5-8,14-15,17H,9-12H2,1-4H3. The number of piperazine rings is 1. The van der Waals surface area contributed by atoms with Crippen LogP contribution in [0.15, 0.2) is 24.3 Å². The lowest BCUT2D eigenvalue weighted by Gasteiger charge is -2.45. The van der Waals surface area contributed by atoms with Crippen LogP contribution in [0.5, 0.6) is 0 Å². The molecule has 0 amide bonds. The van der Waals surface area contributed by atoms with E-state index in [1.165, 1.54) is 17.7 Å². The molecule has 1 aromatic rings. The van der Waals surface area contributed by atoms with Crippen LogP contribution < -0.4 is 10.2 Å². The molecule has 0 saturated carbocycles. The summed E-state index contributed by atoms with van der Waals surface area (Å²) in [5.41, 5.74) is 2.78. The van der Waals surface area contributed by atoms with E-state index in [4.69, 9.17) is 0 Å². The van der Waals surface area contributed by atoms with E-state index in [9.17, 15) is 0 Å². The lowest BCUT2D eigenvalue weighted by molar-refractivity contribution is 0.183. The van der Waals surface area contributed by atoms with E-state index in [0.717, 1.165) is 19.6 Å². The minimum absolute atomic E-state index is 0.580. The Hall–Kier alpha value is -1.06. The summed E-state index contributed by atoms with van der Waals surface area (Å²) in [5.74, 6) is 0. The number of hydrogen-bond donors (Lipinski definition) is 1. The van der Waals surface area contributed by atoms with Gasteiger partial charge in [-0.15, -0.1) is 0 Å². The first-order valence-electron chi connectivity index (χ1n) is 7.30. The summed E-state index contributed by atoms with van der Waals surface area (Å²) in [6, 6.07) is 9.96. The van der Waals surface area contributed by atoms with Gasteiger partial charge in [-0.25, -0.2) is 0 Å². The molecule has 0 bridgehead atoms. The fraction of sp³-hybridized carbons (Fsp3) is 0.625. The third-order valence-corrected chi connectivity index (χ3v) is 4.27. The Bertz CT molecular complexity index is 405. The quantitative estimate of drug-likeness (QED) is 0.895. The van der Waals surface area contributed by atoms with Crippen molar-refractivity contribution in [2.24, 2.45) is 0 Å². The Morgan fingerprint density at radius 2 is 2.00 bits per heavy atom. The van der Waals surface area contributed by atoms with Gasteiger partial charge in [-0.05, 0) is 52.5 Å². The monoisotopic (exact) mass is 261 g/mol. The van der Waals surface area contributed by atoms with Crippen LogP contribution in [0.2, 0.25) is 0 Å². The van der Waals surface area contributed by atoms with E-state index in [0.29, 0.717) is 12.1 Å². The number of nitrogens with one attached hydrogen (secondary N) is 1. The first-order chi connectivity index (χ1) is 9.13. The second kappa shape index (κ2) is 6.40. The van der Waals surface area contributed by atoms with Crippen LogP contribution in [0.25, 0.3) is 0 Å². The Labute approximate surface area is 117 Å². The molecule has 0 spiro atoms. The molecule has 1 heterocycles. The Morgan fingerprint density at radius 1 is 1.26 bits per heavy atom. The van der Waals surface area contributed by atoms with E-state index >= 15 is 0 Å². The molecule has 106 valence electrons. The Balaban J connectivity index is 2.13. The summed E-state index contributed by atoms with van der Waals surface area (Å²) < 4.78 is 0. The first kappa shape index (κ1) is 14.4. The Morgan fingerprint density at radius 3 is 2.68 bits per heavy atom. The number of hydrogen-bond acceptors (Lipinski definition) is 3. The van der Waals surface area contributed by atoms with Gasteiger partial charge in [-0.3, -0.25) is 4.90 Å². The number of para-hydroxylation sites is 1. The molecule has 1 fully saturated rings. The molecule has 0 aromatic heterocycles. The van der Waals surface area contributed by atoms with E-state index in [2.05, 4.69) is 60.3 Å². The molecule has 0 aliphatic carbocycles. The van der Waals surface area contributed by atoms with Crippen molar-refractivity contribution in [1.29, 1.82) is 0 Å². The number of rotatable bonds is 4. The van der Waals surface area contributed by atoms with E-state index in [1.807, 2.05) is 7.05 Å². The van der Waals surface area contributed by atoms with Crippen LogP contribution in [0.4, 0.5) is 5.69 Å². The first-order valence-corrected chi connectivity index (χ1v) is 7.30.